The van der Waals surface area contributed by atoms with Gasteiger partial charge in [0.15, 0.2) is 9.84 Å². The van der Waals surface area contributed by atoms with Crippen LogP contribution in [0.15, 0.2) is 23.1 Å². The highest BCUT2D eigenvalue weighted by atomic mass is 35.5. The van der Waals surface area contributed by atoms with E-state index in [1.165, 1.54) is 18.2 Å². The molecule has 2 rings (SSSR count). The van der Waals surface area contributed by atoms with Crippen LogP contribution in [0.5, 0.6) is 0 Å². The summed E-state index contributed by atoms with van der Waals surface area (Å²) in [7, 11) is -3.62. The fourth-order valence-electron chi connectivity index (χ4n) is 1.60. The van der Waals surface area contributed by atoms with Gasteiger partial charge >= 0.3 is 0 Å². The molecule has 0 aliphatic carbocycles. The highest BCUT2D eigenvalue weighted by molar-refractivity contribution is 7.91. The summed E-state index contributed by atoms with van der Waals surface area (Å²) in [4.78, 5) is 11.1. The minimum atomic E-state index is -3.62. The first-order valence-corrected chi connectivity index (χ1v) is 9.94. The smallest absolute Gasteiger partial charge is 0.241 e. The molecule has 6 nitrogen and oxygen atoms in total. The van der Waals surface area contributed by atoms with Crippen molar-refractivity contribution in [3.63, 3.8) is 0 Å². The minimum absolute atomic E-state index is 0.0214. The molecule has 0 aliphatic rings. The number of halogens is 3. The van der Waals surface area contributed by atoms with E-state index < -0.39 is 15.7 Å². The fourth-order valence-corrected chi connectivity index (χ4v) is 4.62. The van der Waals surface area contributed by atoms with Gasteiger partial charge in [0, 0.05) is 11.4 Å². The van der Waals surface area contributed by atoms with Crippen LogP contribution >= 0.6 is 46.1 Å². The van der Waals surface area contributed by atoms with Gasteiger partial charge < -0.3 is 0 Å². The molecule has 2 aromatic rings. The molecular weight excluding hydrogens is 405 g/mol. The maximum atomic E-state index is 12.3. The van der Waals surface area contributed by atoms with E-state index in [-0.39, 0.29) is 38.1 Å². The third kappa shape index (κ3) is 5.02. The largest absolute Gasteiger partial charge is 0.299 e. The molecule has 1 aromatic heterocycles. The first kappa shape index (κ1) is 18.4. The van der Waals surface area contributed by atoms with Crippen LogP contribution in [-0.2, 0) is 21.1 Å². The van der Waals surface area contributed by atoms with Crippen LogP contribution in [0.3, 0.4) is 0 Å². The van der Waals surface area contributed by atoms with Crippen LogP contribution in [0, 0.1) is 0 Å². The lowest BCUT2D eigenvalue weighted by molar-refractivity contribution is -0.113. The molecule has 124 valence electrons. The minimum Gasteiger partial charge on any atom is -0.299 e. The zero-order valence-electron chi connectivity index (χ0n) is 11.4. The summed E-state index contributed by atoms with van der Waals surface area (Å²) >= 11 is 18.2. The van der Waals surface area contributed by atoms with Gasteiger partial charge in [0.2, 0.25) is 11.0 Å². The van der Waals surface area contributed by atoms with Gasteiger partial charge in [0.05, 0.1) is 15.7 Å². The number of sulfone groups is 1. The molecule has 0 atom stereocenters. The second-order valence-corrected chi connectivity index (χ2v) is 8.58. The molecule has 0 aliphatic heterocycles. The van der Waals surface area contributed by atoms with E-state index in [0.29, 0.717) is 5.01 Å². The number of aryl methyl sites for hydroxylation is 1. The predicted octanol–water partition coefficient (Wildman–Crippen LogP) is 3.04. The summed E-state index contributed by atoms with van der Waals surface area (Å²) in [5.41, 5.74) is 0. The number of alkyl halides is 1. The van der Waals surface area contributed by atoms with Crippen LogP contribution in [0.2, 0.25) is 10.0 Å². The lowest BCUT2D eigenvalue weighted by Crippen LogP contribution is -2.12. The van der Waals surface area contributed by atoms with Crippen molar-refractivity contribution in [3.8, 4) is 0 Å². The Bertz CT molecular complexity index is 824. The Hall–Kier alpha value is -0.930. The van der Waals surface area contributed by atoms with Crippen molar-refractivity contribution in [1.29, 1.82) is 0 Å². The number of aromatic nitrogens is 2. The monoisotopic (exact) mass is 413 g/mol. The predicted molar refractivity (Wildman–Crippen MR) is 91.5 cm³/mol. The molecule has 0 fully saturated rings. The molecule has 0 saturated heterocycles. The molecule has 0 radical (unpaired) electrons. The van der Waals surface area contributed by atoms with E-state index in [0.717, 1.165) is 11.3 Å². The van der Waals surface area contributed by atoms with Crippen molar-refractivity contribution in [2.75, 3.05) is 16.9 Å². The van der Waals surface area contributed by atoms with E-state index in [4.69, 9.17) is 34.8 Å². The average molecular weight is 415 g/mol. The average Bonchev–Trinajstić information content (AvgIpc) is 2.95. The highest BCUT2D eigenvalue weighted by Gasteiger charge is 2.20. The number of hydrogen-bond acceptors (Lipinski definition) is 6. The zero-order valence-corrected chi connectivity index (χ0v) is 15.3. The summed E-state index contributed by atoms with van der Waals surface area (Å²) in [6.45, 7) is 0. The Morgan fingerprint density at radius 3 is 2.70 bits per heavy atom. The second-order valence-electron chi connectivity index (χ2n) is 4.33. The Morgan fingerprint density at radius 1 is 1.26 bits per heavy atom. The van der Waals surface area contributed by atoms with Gasteiger partial charge in [-0.15, -0.1) is 21.8 Å². The first-order valence-electron chi connectivity index (χ1n) is 6.18. The number of hydrogen-bond donors (Lipinski definition) is 1. The Labute approximate surface area is 151 Å². The third-order valence-corrected chi connectivity index (χ3v) is 6.21. The number of carbonyl (C=O) groups excluding carboxylic acids is 1. The molecule has 1 heterocycles. The number of carbonyl (C=O) groups is 1. The molecule has 1 amide bonds. The van der Waals surface area contributed by atoms with Crippen molar-refractivity contribution in [3.05, 3.63) is 33.3 Å². The molecular formula is C12H10Cl3N3O3S2. The number of anilines is 1. The Kier molecular flexibility index (Phi) is 6.21. The van der Waals surface area contributed by atoms with E-state index >= 15 is 0 Å². The van der Waals surface area contributed by atoms with Crippen LogP contribution in [0.4, 0.5) is 5.13 Å². The highest BCUT2D eigenvalue weighted by Crippen LogP contribution is 2.26. The van der Waals surface area contributed by atoms with Gasteiger partial charge in [-0.2, -0.15) is 0 Å². The van der Waals surface area contributed by atoms with E-state index in [2.05, 4.69) is 15.5 Å². The van der Waals surface area contributed by atoms with Crippen molar-refractivity contribution >= 4 is 67.0 Å². The number of benzene rings is 1. The quantitative estimate of drug-likeness (QED) is 0.734. The van der Waals surface area contributed by atoms with Crippen molar-refractivity contribution in [1.82, 2.24) is 10.2 Å². The van der Waals surface area contributed by atoms with Crippen molar-refractivity contribution in [2.45, 2.75) is 11.3 Å². The summed E-state index contributed by atoms with van der Waals surface area (Å²) in [6, 6.07) is 4.26. The molecule has 0 unspecified atom stereocenters. The molecule has 0 bridgehead atoms. The fraction of sp³-hybridized carbons (Fsp3) is 0.250. The summed E-state index contributed by atoms with van der Waals surface area (Å²) in [6.07, 6.45) is 0.138. The van der Waals surface area contributed by atoms with E-state index in [1.54, 1.807) is 0 Å². The SMILES string of the molecule is O=C(CCl)Nc1nnc(CCS(=O)(=O)c2cc(Cl)ccc2Cl)s1. The third-order valence-electron chi connectivity index (χ3n) is 2.65. The normalized spacial score (nSPS) is 11.4. The van der Waals surface area contributed by atoms with Gasteiger partial charge in [0.1, 0.15) is 10.9 Å². The van der Waals surface area contributed by atoms with E-state index in [1.807, 2.05) is 0 Å². The summed E-state index contributed by atoms with van der Waals surface area (Å²) < 4.78 is 24.7. The standard InChI is InChI=1S/C12H10Cl3N3O3S2/c13-6-10(19)16-12-18-17-11(22-12)3-4-23(20,21)9-5-7(14)1-2-8(9)15/h1-2,5H,3-4,6H2,(H,16,18,19). The summed E-state index contributed by atoms with van der Waals surface area (Å²) in [5, 5.41) is 11.2. The second kappa shape index (κ2) is 7.76. The molecule has 23 heavy (non-hydrogen) atoms. The maximum Gasteiger partial charge on any atom is 0.241 e. The lowest BCUT2D eigenvalue weighted by Gasteiger charge is -2.05. The van der Waals surface area contributed by atoms with Crippen molar-refractivity contribution < 1.29 is 13.2 Å². The topological polar surface area (TPSA) is 89.0 Å². The van der Waals surface area contributed by atoms with Crippen LogP contribution in [0.25, 0.3) is 0 Å². The molecule has 1 N–H and O–H groups in total. The van der Waals surface area contributed by atoms with Gasteiger partial charge in [-0.1, -0.05) is 34.5 Å². The van der Waals surface area contributed by atoms with E-state index in [9.17, 15) is 13.2 Å². The Morgan fingerprint density at radius 2 is 2.00 bits per heavy atom. The summed E-state index contributed by atoms with van der Waals surface area (Å²) in [5.74, 6) is -0.811. The van der Waals surface area contributed by atoms with Gasteiger partial charge in [-0.3, -0.25) is 10.1 Å². The molecule has 0 spiro atoms. The van der Waals surface area contributed by atoms with Crippen LogP contribution < -0.4 is 5.32 Å². The zero-order chi connectivity index (χ0) is 17.0. The molecule has 0 saturated carbocycles. The van der Waals surface area contributed by atoms with Gasteiger partial charge in [-0.05, 0) is 18.2 Å². The lowest BCUT2D eigenvalue weighted by atomic mass is 10.4. The molecule has 11 heteroatoms. The van der Waals surface area contributed by atoms with Crippen LogP contribution in [-0.4, -0.2) is 36.2 Å². The maximum absolute atomic E-state index is 12.3. The number of nitrogens with one attached hydrogen (secondary N) is 1. The van der Waals surface area contributed by atoms with Crippen LogP contribution in [0.1, 0.15) is 5.01 Å². The Balaban J connectivity index is 2.08. The number of amides is 1. The van der Waals surface area contributed by atoms with Gasteiger partial charge in [-0.25, -0.2) is 8.42 Å². The number of nitrogens with zero attached hydrogens (tertiary/aromatic N) is 2. The molecule has 1 aromatic carbocycles. The first-order chi connectivity index (χ1) is 10.8. The van der Waals surface area contributed by atoms with Crippen molar-refractivity contribution in [2.24, 2.45) is 0 Å². The van der Waals surface area contributed by atoms with Gasteiger partial charge in [0.25, 0.3) is 0 Å². The number of rotatable bonds is 6.